The Morgan fingerprint density at radius 1 is 0.879 bits per heavy atom. The first-order chi connectivity index (χ1) is 16.0. The number of rotatable bonds is 6. The van der Waals surface area contributed by atoms with Gasteiger partial charge in [-0.2, -0.15) is 0 Å². The second-order valence-corrected chi connectivity index (χ2v) is 8.74. The minimum atomic E-state index is -0.770. The molecule has 1 nitrogen and oxygen atoms in total. The summed E-state index contributed by atoms with van der Waals surface area (Å²) >= 11 is 0. The highest BCUT2D eigenvalue weighted by Gasteiger charge is 2.25. The van der Waals surface area contributed by atoms with Crippen molar-refractivity contribution in [1.82, 2.24) is 0 Å². The second kappa shape index (κ2) is 10.3. The minimum Gasteiger partial charge on any atom is -0.497 e. The van der Waals surface area contributed by atoms with Gasteiger partial charge >= 0.3 is 0 Å². The third-order valence-corrected chi connectivity index (χ3v) is 6.75. The van der Waals surface area contributed by atoms with E-state index >= 15 is 4.39 Å². The van der Waals surface area contributed by atoms with Gasteiger partial charge in [0, 0.05) is 17.2 Å². The van der Waals surface area contributed by atoms with Crippen LogP contribution in [0.5, 0.6) is 5.75 Å². The van der Waals surface area contributed by atoms with Gasteiger partial charge < -0.3 is 4.74 Å². The Bertz CT molecular complexity index is 1130. The molecular weight excluding hydrogens is 421 g/mol. The van der Waals surface area contributed by atoms with Gasteiger partial charge in [0.15, 0.2) is 11.6 Å². The normalized spacial score (nSPS) is 18.6. The molecule has 0 spiro atoms. The fourth-order valence-corrected chi connectivity index (χ4v) is 4.66. The van der Waals surface area contributed by atoms with E-state index in [1.54, 1.807) is 30.3 Å². The number of halogens is 3. The lowest BCUT2D eigenvalue weighted by Crippen LogP contribution is -2.13. The van der Waals surface area contributed by atoms with Gasteiger partial charge in [0.2, 0.25) is 0 Å². The molecule has 3 aromatic carbocycles. The summed E-state index contributed by atoms with van der Waals surface area (Å²) in [6.07, 6.45) is 8.02. The summed E-state index contributed by atoms with van der Waals surface area (Å²) in [4.78, 5) is 0. The Balaban J connectivity index is 1.42. The Morgan fingerprint density at radius 3 is 2.24 bits per heavy atom. The summed E-state index contributed by atoms with van der Waals surface area (Å²) in [5.41, 5.74) is 3.14. The number of allylic oxidation sites excluding steroid dienone is 1. The van der Waals surface area contributed by atoms with E-state index in [1.165, 1.54) is 13.2 Å². The standard InChI is InChI=1S/C29H29F3O/c1-3-19-4-9-21(10-5-19)25-16-17-26(29(32)28(25)31)22-11-6-20(7-12-22)8-13-23-14-15-24(33-2)18-27(23)30/h4-5,8-10,13-18,20,22H,3,6-7,11-12H2,1-2H3/b13-8+. The van der Waals surface area contributed by atoms with Crippen LogP contribution in [-0.2, 0) is 6.42 Å². The fraction of sp³-hybridized carbons (Fsp3) is 0.310. The molecule has 4 heteroatoms. The van der Waals surface area contributed by atoms with Crippen LogP contribution in [0.15, 0.2) is 60.7 Å². The average molecular weight is 451 g/mol. The van der Waals surface area contributed by atoms with Crippen molar-refractivity contribution >= 4 is 6.08 Å². The van der Waals surface area contributed by atoms with Crippen molar-refractivity contribution in [1.29, 1.82) is 0 Å². The van der Waals surface area contributed by atoms with E-state index in [1.807, 2.05) is 30.3 Å². The van der Waals surface area contributed by atoms with Crippen molar-refractivity contribution in [2.75, 3.05) is 7.11 Å². The van der Waals surface area contributed by atoms with Crippen LogP contribution in [0.4, 0.5) is 13.2 Å². The highest BCUT2D eigenvalue weighted by Crippen LogP contribution is 2.39. The smallest absolute Gasteiger partial charge is 0.166 e. The van der Waals surface area contributed by atoms with Gasteiger partial charge in [0.05, 0.1) is 7.11 Å². The summed E-state index contributed by atoms with van der Waals surface area (Å²) in [6, 6.07) is 15.8. The average Bonchev–Trinajstić information content (AvgIpc) is 2.85. The summed E-state index contributed by atoms with van der Waals surface area (Å²) in [7, 11) is 1.51. The minimum absolute atomic E-state index is 0.00149. The summed E-state index contributed by atoms with van der Waals surface area (Å²) in [5.74, 6) is -1.03. The highest BCUT2D eigenvalue weighted by atomic mass is 19.2. The number of aryl methyl sites for hydroxylation is 1. The van der Waals surface area contributed by atoms with Crippen LogP contribution in [0.25, 0.3) is 17.2 Å². The maximum atomic E-state index is 15.0. The van der Waals surface area contributed by atoms with Gasteiger partial charge in [-0.1, -0.05) is 55.5 Å². The molecule has 0 saturated heterocycles. The van der Waals surface area contributed by atoms with Crippen molar-refractivity contribution < 1.29 is 17.9 Å². The molecular formula is C29H29F3O. The molecule has 0 radical (unpaired) electrons. The fourth-order valence-electron chi connectivity index (χ4n) is 4.66. The van der Waals surface area contributed by atoms with Crippen molar-refractivity contribution in [3.05, 3.63) is 94.8 Å². The molecule has 3 aromatic rings. The molecule has 172 valence electrons. The second-order valence-electron chi connectivity index (χ2n) is 8.74. The number of ether oxygens (including phenoxy) is 1. The molecule has 0 N–H and O–H groups in total. The van der Waals surface area contributed by atoms with Crippen molar-refractivity contribution in [2.45, 2.75) is 44.9 Å². The van der Waals surface area contributed by atoms with Crippen molar-refractivity contribution in [3.63, 3.8) is 0 Å². The van der Waals surface area contributed by atoms with E-state index in [0.717, 1.165) is 37.7 Å². The van der Waals surface area contributed by atoms with E-state index in [4.69, 9.17) is 4.74 Å². The number of hydrogen-bond acceptors (Lipinski definition) is 1. The van der Waals surface area contributed by atoms with E-state index in [0.29, 0.717) is 33.9 Å². The molecule has 1 saturated carbocycles. The zero-order valence-electron chi connectivity index (χ0n) is 19.1. The van der Waals surface area contributed by atoms with Crippen LogP contribution in [0.2, 0.25) is 0 Å². The van der Waals surface area contributed by atoms with Crippen molar-refractivity contribution in [2.24, 2.45) is 5.92 Å². The SMILES string of the molecule is CCc1ccc(-c2ccc(C3CCC(/C=C/c4ccc(OC)cc4F)CC3)c(F)c2F)cc1. The first-order valence-corrected chi connectivity index (χ1v) is 11.6. The summed E-state index contributed by atoms with van der Waals surface area (Å²) in [6.45, 7) is 2.06. The first kappa shape index (κ1) is 23.2. The highest BCUT2D eigenvalue weighted by molar-refractivity contribution is 5.65. The topological polar surface area (TPSA) is 9.23 Å². The molecule has 1 aliphatic carbocycles. The zero-order chi connectivity index (χ0) is 23.4. The lowest BCUT2D eigenvalue weighted by molar-refractivity contribution is 0.365. The van der Waals surface area contributed by atoms with E-state index < -0.39 is 11.6 Å². The molecule has 1 fully saturated rings. The Morgan fingerprint density at radius 2 is 1.61 bits per heavy atom. The zero-order valence-corrected chi connectivity index (χ0v) is 19.1. The van der Waals surface area contributed by atoms with Gasteiger partial charge in [0.1, 0.15) is 11.6 Å². The Labute approximate surface area is 193 Å². The molecule has 0 atom stereocenters. The monoisotopic (exact) mass is 450 g/mol. The largest absolute Gasteiger partial charge is 0.497 e. The Kier molecular flexibility index (Phi) is 7.22. The third-order valence-electron chi connectivity index (χ3n) is 6.75. The van der Waals surface area contributed by atoms with Gasteiger partial charge in [-0.15, -0.1) is 0 Å². The molecule has 0 unspecified atom stereocenters. The molecule has 4 rings (SSSR count). The third kappa shape index (κ3) is 5.16. The molecule has 0 aromatic heterocycles. The number of hydrogen-bond donors (Lipinski definition) is 0. The van der Waals surface area contributed by atoms with Crippen LogP contribution < -0.4 is 4.74 Å². The predicted octanol–water partition coefficient (Wildman–Crippen LogP) is 8.33. The maximum absolute atomic E-state index is 15.0. The predicted molar refractivity (Wildman–Crippen MR) is 128 cm³/mol. The molecule has 33 heavy (non-hydrogen) atoms. The van der Waals surface area contributed by atoms with Crippen molar-refractivity contribution in [3.8, 4) is 16.9 Å². The Hall–Kier alpha value is -3.01. The lowest BCUT2D eigenvalue weighted by Gasteiger charge is -2.27. The molecule has 0 aliphatic heterocycles. The quantitative estimate of drug-likeness (QED) is 0.367. The molecule has 1 aliphatic rings. The van der Waals surface area contributed by atoms with E-state index in [2.05, 4.69) is 6.92 Å². The summed E-state index contributed by atoms with van der Waals surface area (Å²) in [5, 5.41) is 0. The van der Waals surface area contributed by atoms with E-state index in [-0.39, 0.29) is 11.7 Å². The first-order valence-electron chi connectivity index (χ1n) is 11.6. The van der Waals surface area contributed by atoms with E-state index in [9.17, 15) is 8.78 Å². The van der Waals surface area contributed by atoms with Crippen LogP contribution in [0.1, 0.15) is 55.2 Å². The van der Waals surface area contributed by atoms with Crippen LogP contribution in [0.3, 0.4) is 0 Å². The molecule has 0 heterocycles. The van der Waals surface area contributed by atoms with Gasteiger partial charge in [-0.3, -0.25) is 0 Å². The number of benzene rings is 3. The van der Waals surface area contributed by atoms with Gasteiger partial charge in [-0.25, -0.2) is 13.2 Å². The van der Waals surface area contributed by atoms with Gasteiger partial charge in [0.25, 0.3) is 0 Å². The molecule has 0 amide bonds. The molecule has 0 bridgehead atoms. The van der Waals surface area contributed by atoms with Crippen LogP contribution >= 0.6 is 0 Å². The van der Waals surface area contributed by atoms with Gasteiger partial charge in [-0.05, 0) is 72.8 Å². The summed E-state index contributed by atoms with van der Waals surface area (Å²) < 4.78 is 49.1. The maximum Gasteiger partial charge on any atom is 0.166 e. The van der Waals surface area contributed by atoms with Crippen LogP contribution in [-0.4, -0.2) is 7.11 Å². The number of methoxy groups -OCH3 is 1. The lowest BCUT2D eigenvalue weighted by atomic mass is 9.78. The van der Waals surface area contributed by atoms with Crippen LogP contribution in [0, 0.1) is 23.4 Å².